The van der Waals surface area contributed by atoms with Gasteiger partial charge in [-0.1, -0.05) is 12.1 Å². The Morgan fingerprint density at radius 1 is 1.18 bits per heavy atom. The van der Waals surface area contributed by atoms with Gasteiger partial charge >= 0.3 is 0 Å². The van der Waals surface area contributed by atoms with E-state index in [1.54, 1.807) is 19.5 Å². The maximum absolute atomic E-state index is 5.10. The Labute approximate surface area is 114 Å². The Kier molecular flexibility index (Phi) is 4.13. The zero-order valence-electron chi connectivity index (χ0n) is 9.35. The molecule has 0 unspecified atom stereocenters. The molecular weight excluding hydrogens is 329 g/mol. The molecule has 0 aliphatic carbocycles. The highest BCUT2D eigenvalue weighted by molar-refractivity contribution is 14.1. The molecule has 2 rings (SSSR count). The standard InChI is InChI=1S/C12H12IN3O/c1-17-11-4-2-9(3-5-11)6-14-12-15-7-10(13)8-16-12/h2-5,7-8H,6H2,1H3,(H,14,15,16). The van der Waals surface area contributed by atoms with E-state index in [-0.39, 0.29) is 0 Å². The number of ether oxygens (including phenoxy) is 1. The minimum atomic E-state index is 0.640. The largest absolute Gasteiger partial charge is 0.497 e. The molecule has 0 atom stereocenters. The first-order chi connectivity index (χ1) is 8.28. The molecule has 0 bridgehead atoms. The van der Waals surface area contributed by atoms with Crippen LogP contribution in [0.1, 0.15) is 5.56 Å². The van der Waals surface area contributed by atoms with Crippen LogP contribution < -0.4 is 10.1 Å². The molecule has 88 valence electrons. The van der Waals surface area contributed by atoms with Crippen LogP contribution in [-0.4, -0.2) is 17.1 Å². The fourth-order valence-electron chi connectivity index (χ4n) is 1.33. The summed E-state index contributed by atoms with van der Waals surface area (Å²) in [5.74, 6) is 1.50. The molecule has 0 saturated heterocycles. The normalized spacial score (nSPS) is 10.0. The van der Waals surface area contributed by atoms with Crippen LogP contribution in [-0.2, 0) is 6.54 Å². The fourth-order valence-corrected chi connectivity index (χ4v) is 1.61. The number of nitrogens with zero attached hydrogens (tertiary/aromatic N) is 2. The summed E-state index contributed by atoms with van der Waals surface area (Å²) in [5.41, 5.74) is 1.16. The number of rotatable bonds is 4. The van der Waals surface area contributed by atoms with E-state index < -0.39 is 0 Å². The molecule has 17 heavy (non-hydrogen) atoms. The SMILES string of the molecule is COc1ccc(CNc2ncc(I)cn2)cc1. The van der Waals surface area contributed by atoms with Crippen molar-refractivity contribution < 1.29 is 4.74 Å². The lowest BCUT2D eigenvalue weighted by Gasteiger charge is -2.05. The summed E-state index contributed by atoms with van der Waals surface area (Å²) in [6.45, 7) is 0.699. The van der Waals surface area contributed by atoms with Gasteiger partial charge in [0.25, 0.3) is 0 Å². The molecule has 0 spiro atoms. The number of hydrogen-bond acceptors (Lipinski definition) is 4. The quantitative estimate of drug-likeness (QED) is 0.869. The van der Waals surface area contributed by atoms with Gasteiger partial charge < -0.3 is 10.1 Å². The van der Waals surface area contributed by atoms with Gasteiger partial charge in [0.15, 0.2) is 0 Å². The Hall–Kier alpha value is -1.37. The minimum absolute atomic E-state index is 0.640. The molecule has 4 nitrogen and oxygen atoms in total. The average molecular weight is 341 g/mol. The van der Waals surface area contributed by atoms with Crippen molar-refractivity contribution in [3.8, 4) is 5.75 Å². The van der Waals surface area contributed by atoms with Crippen LogP contribution in [0.15, 0.2) is 36.7 Å². The predicted molar refractivity (Wildman–Crippen MR) is 75.1 cm³/mol. The Morgan fingerprint density at radius 2 is 1.82 bits per heavy atom. The van der Waals surface area contributed by atoms with Crippen molar-refractivity contribution in [2.45, 2.75) is 6.54 Å². The van der Waals surface area contributed by atoms with Crippen LogP contribution in [0.5, 0.6) is 5.75 Å². The highest BCUT2D eigenvalue weighted by Gasteiger charge is 1.97. The van der Waals surface area contributed by atoms with Gasteiger partial charge in [0.2, 0.25) is 5.95 Å². The molecular formula is C12H12IN3O. The van der Waals surface area contributed by atoms with Crippen molar-refractivity contribution >= 4 is 28.5 Å². The number of methoxy groups -OCH3 is 1. The monoisotopic (exact) mass is 341 g/mol. The molecule has 0 aliphatic heterocycles. The molecule has 1 aromatic carbocycles. The van der Waals surface area contributed by atoms with Crippen molar-refractivity contribution in [3.05, 3.63) is 45.8 Å². The second-order valence-electron chi connectivity index (χ2n) is 3.43. The zero-order valence-corrected chi connectivity index (χ0v) is 11.5. The summed E-state index contributed by atoms with van der Waals surface area (Å²) in [5, 5.41) is 3.16. The first-order valence-corrected chi connectivity index (χ1v) is 6.20. The maximum Gasteiger partial charge on any atom is 0.222 e. The van der Waals surface area contributed by atoms with Crippen LogP contribution in [0.25, 0.3) is 0 Å². The summed E-state index contributed by atoms with van der Waals surface area (Å²) in [6.07, 6.45) is 3.56. The lowest BCUT2D eigenvalue weighted by molar-refractivity contribution is 0.414. The molecule has 0 aliphatic rings. The topological polar surface area (TPSA) is 47.0 Å². The number of hydrogen-bond donors (Lipinski definition) is 1. The van der Waals surface area contributed by atoms with E-state index in [2.05, 4.69) is 37.9 Å². The third kappa shape index (κ3) is 3.55. The van der Waals surface area contributed by atoms with Gasteiger partial charge in [-0.25, -0.2) is 9.97 Å². The molecule has 0 saturated carbocycles. The fraction of sp³-hybridized carbons (Fsp3) is 0.167. The molecule has 0 amide bonds. The highest BCUT2D eigenvalue weighted by atomic mass is 127. The molecule has 2 aromatic rings. The van der Waals surface area contributed by atoms with E-state index >= 15 is 0 Å². The smallest absolute Gasteiger partial charge is 0.222 e. The number of halogens is 1. The summed E-state index contributed by atoms with van der Waals surface area (Å²) < 4.78 is 6.12. The minimum Gasteiger partial charge on any atom is -0.497 e. The van der Waals surface area contributed by atoms with E-state index in [0.717, 1.165) is 14.9 Å². The van der Waals surface area contributed by atoms with Crippen LogP contribution >= 0.6 is 22.6 Å². The van der Waals surface area contributed by atoms with E-state index in [1.807, 2.05) is 24.3 Å². The maximum atomic E-state index is 5.10. The first-order valence-electron chi connectivity index (χ1n) is 5.12. The van der Waals surface area contributed by atoms with Crippen LogP contribution in [0.2, 0.25) is 0 Å². The third-order valence-electron chi connectivity index (χ3n) is 2.23. The van der Waals surface area contributed by atoms with Crippen LogP contribution in [0.4, 0.5) is 5.95 Å². The summed E-state index contributed by atoms with van der Waals surface area (Å²) in [6, 6.07) is 7.90. The molecule has 0 fully saturated rings. The van der Waals surface area contributed by atoms with Crippen molar-refractivity contribution in [1.29, 1.82) is 0 Å². The van der Waals surface area contributed by atoms with E-state index in [4.69, 9.17) is 4.74 Å². The highest BCUT2D eigenvalue weighted by Crippen LogP contribution is 2.12. The number of anilines is 1. The van der Waals surface area contributed by atoms with E-state index in [9.17, 15) is 0 Å². The summed E-state index contributed by atoms with van der Waals surface area (Å²) >= 11 is 2.18. The number of nitrogens with one attached hydrogen (secondary N) is 1. The Bertz CT molecular complexity index is 470. The molecule has 1 aromatic heterocycles. The van der Waals surface area contributed by atoms with Gasteiger partial charge in [0.05, 0.1) is 7.11 Å². The van der Waals surface area contributed by atoms with Gasteiger partial charge in [0, 0.05) is 22.5 Å². The third-order valence-corrected chi connectivity index (χ3v) is 2.79. The van der Waals surface area contributed by atoms with E-state index in [1.165, 1.54) is 0 Å². The van der Waals surface area contributed by atoms with E-state index in [0.29, 0.717) is 12.5 Å². The predicted octanol–water partition coefficient (Wildman–Crippen LogP) is 2.70. The van der Waals surface area contributed by atoms with Crippen LogP contribution in [0.3, 0.4) is 0 Å². The van der Waals surface area contributed by atoms with Crippen molar-refractivity contribution in [1.82, 2.24) is 9.97 Å². The zero-order chi connectivity index (χ0) is 12.1. The van der Waals surface area contributed by atoms with Gasteiger partial charge in [-0.3, -0.25) is 0 Å². The van der Waals surface area contributed by atoms with Gasteiger partial charge in [-0.05, 0) is 40.3 Å². The van der Waals surface area contributed by atoms with Gasteiger partial charge in [0.1, 0.15) is 5.75 Å². The lowest BCUT2D eigenvalue weighted by atomic mass is 10.2. The van der Waals surface area contributed by atoms with Gasteiger partial charge in [-0.2, -0.15) is 0 Å². The van der Waals surface area contributed by atoms with Gasteiger partial charge in [-0.15, -0.1) is 0 Å². The van der Waals surface area contributed by atoms with Crippen molar-refractivity contribution in [2.24, 2.45) is 0 Å². The Balaban J connectivity index is 1.95. The average Bonchev–Trinajstić information content (AvgIpc) is 2.39. The number of benzene rings is 1. The van der Waals surface area contributed by atoms with Crippen molar-refractivity contribution in [2.75, 3.05) is 12.4 Å². The molecule has 1 heterocycles. The number of aromatic nitrogens is 2. The summed E-state index contributed by atoms with van der Waals surface area (Å²) in [4.78, 5) is 8.35. The van der Waals surface area contributed by atoms with Crippen molar-refractivity contribution in [3.63, 3.8) is 0 Å². The second kappa shape index (κ2) is 5.81. The molecule has 1 N–H and O–H groups in total. The lowest BCUT2D eigenvalue weighted by Crippen LogP contribution is -2.03. The second-order valence-corrected chi connectivity index (χ2v) is 4.67. The summed E-state index contributed by atoms with van der Waals surface area (Å²) in [7, 11) is 1.66. The first kappa shape index (κ1) is 12.1. The Morgan fingerprint density at radius 3 is 2.41 bits per heavy atom. The molecule has 0 radical (unpaired) electrons. The molecule has 5 heteroatoms. The van der Waals surface area contributed by atoms with Crippen LogP contribution in [0, 0.1) is 3.57 Å².